The first-order valence-corrected chi connectivity index (χ1v) is 7.33. The van der Waals surface area contributed by atoms with Crippen LogP contribution in [0.25, 0.3) is 0 Å². The van der Waals surface area contributed by atoms with Crippen molar-refractivity contribution in [1.29, 1.82) is 5.26 Å². The Kier molecular flexibility index (Phi) is 5.42. The van der Waals surface area contributed by atoms with E-state index in [4.69, 9.17) is 5.26 Å². The number of anilines is 1. The number of nitriles is 1. The monoisotopic (exact) mass is 335 g/mol. The Morgan fingerprint density at radius 1 is 1.25 bits per heavy atom. The minimum atomic E-state index is -4.42. The summed E-state index contributed by atoms with van der Waals surface area (Å²) in [5.74, 6) is 0.331. The molecule has 24 heavy (non-hydrogen) atoms. The standard InChI is InChI=1S/C17H16F3N3O/c1-2-14(23-16-12(10-21)4-3-9-22-16)15(24)11-5-7-13(8-6-11)17(18,19)20/h3-9,14-15,24H,2H2,1H3,(H,22,23). The van der Waals surface area contributed by atoms with Crippen LogP contribution in [0.1, 0.15) is 36.1 Å². The highest BCUT2D eigenvalue weighted by Gasteiger charge is 2.30. The zero-order valence-electron chi connectivity index (χ0n) is 12.9. The van der Waals surface area contributed by atoms with Gasteiger partial charge in [-0.3, -0.25) is 0 Å². The molecule has 2 unspecified atom stereocenters. The molecule has 0 aliphatic heterocycles. The van der Waals surface area contributed by atoms with Crippen molar-refractivity contribution in [2.24, 2.45) is 0 Å². The van der Waals surface area contributed by atoms with Crippen LogP contribution in [-0.2, 0) is 6.18 Å². The SMILES string of the molecule is CCC(Nc1ncccc1C#N)C(O)c1ccc(C(F)(F)F)cc1. The van der Waals surface area contributed by atoms with Crippen LogP contribution in [0.15, 0.2) is 42.6 Å². The summed E-state index contributed by atoms with van der Waals surface area (Å²) in [7, 11) is 0. The van der Waals surface area contributed by atoms with E-state index in [1.165, 1.54) is 18.3 Å². The van der Waals surface area contributed by atoms with Gasteiger partial charge in [-0.25, -0.2) is 4.98 Å². The third kappa shape index (κ3) is 4.03. The van der Waals surface area contributed by atoms with E-state index in [-0.39, 0.29) is 0 Å². The quantitative estimate of drug-likeness (QED) is 0.869. The minimum Gasteiger partial charge on any atom is -0.386 e. The fraction of sp³-hybridized carbons (Fsp3) is 0.294. The van der Waals surface area contributed by atoms with Crippen molar-refractivity contribution in [3.05, 3.63) is 59.3 Å². The van der Waals surface area contributed by atoms with Crippen molar-refractivity contribution >= 4 is 5.82 Å². The van der Waals surface area contributed by atoms with Gasteiger partial charge in [-0.2, -0.15) is 18.4 Å². The summed E-state index contributed by atoms with van der Waals surface area (Å²) in [6, 6.07) is 9.09. The molecule has 0 fully saturated rings. The number of aliphatic hydroxyl groups excluding tert-OH is 1. The van der Waals surface area contributed by atoms with Gasteiger partial charge in [0.1, 0.15) is 11.9 Å². The first kappa shape index (κ1) is 17.8. The van der Waals surface area contributed by atoms with Gasteiger partial charge in [-0.1, -0.05) is 19.1 Å². The predicted molar refractivity (Wildman–Crippen MR) is 83.1 cm³/mol. The number of pyridine rings is 1. The maximum Gasteiger partial charge on any atom is 0.416 e. The molecule has 2 atom stereocenters. The van der Waals surface area contributed by atoms with E-state index < -0.39 is 23.9 Å². The van der Waals surface area contributed by atoms with E-state index in [1.807, 2.05) is 13.0 Å². The van der Waals surface area contributed by atoms with E-state index in [0.29, 0.717) is 23.4 Å². The maximum absolute atomic E-state index is 12.6. The summed E-state index contributed by atoms with van der Waals surface area (Å²) < 4.78 is 37.8. The lowest BCUT2D eigenvalue weighted by Crippen LogP contribution is -2.27. The number of alkyl halides is 3. The Bertz CT molecular complexity index is 723. The molecule has 0 saturated carbocycles. The average Bonchev–Trinajstić information content (AvgIpc) is 2.58. The molecule has 1 aromatic carbocycles. The molecule has 2 N–H and O–H groups in total. The molecule has 7 heteroatoms. The van der Waals surface area contributed by atoms with E-state index >= 15 is 0 Å². The van der Waals surface area contributed by atoms with Gasteiger partial charge in [0, 0.05) is 6.20 Å². The third-order valence-corrected chi connectivity index (χ3v) is 3.65. The number of benzene rings is 1. The van der Waals surface area contributed by atoms with Crippen LogP contribution in [0.3, 0.4) is 0 Å². The molecule has 1 aromatic heterocycles. The molecule has 0 aliphatic rings. The lowest BCUT2D eigenvalue weighted by Gasteiger charge is -2.24. The number of rotatable bonds is 5. The summed E-state index contributed by atoms with van der Waals surface area (Å²) >= 11 is 0. The summed E-state index contributed by atoms with van der Waals surface area (Å²) in [5, 5.41) is 22.5. The van der Waals surface area contributed by atoms with Crippen LogP contribution in [-0.4, -0.2) is 16.1 Å². The molecule has 0 radical (unpaired) electrons. The molecule has 1 heterocycles. The average molecular weight is 335 g/mol. The topological polar surface area (TPSA) is 68.9 Å². The molecule has 0 amide bonds. The zero-order chi connectivity index (χ0) is 17.7. The van der Waals surface area contributed by atoms with Crippen molar-refractivity contribution in [2.45, 2.75) is 31.7 Å². The van der Waals surface area contributed by atoms with Crippen LogP contribution in [0.2, 0.25) is 0 Å². The highest BCUT2D eigenvalue weighted by atomic mass is 19.4. The van der Waals surface area contributed by atoms with E-state index in [0.717, 1.165) is 12.1 Å². The molecule has 2 rings (SSSR count). The van der Waals surface area contributed by atoms with Crippen molar-refractivity contribution in [2.75, 3.05) is 5.32 Å². The molecule has 4 nitrogen and oxygen atoms in total. The fourth-order valence-corrected chi connectivity index (χ4v) is 2.29. The van der Waals surface area contributed by atoms with Crippen molar-refractivity contribution in [3.63, 3.8) is 0 Å². The second-order valence-corrected chi connectivity index (χ2v) is 5.24. The molecule has 126 valence electrons. The molecular weight excluding hydrogens is 319 g/mol. The Hall–Kier alpha value is -2.59. The third-order valence-electron chi connectivity index (χ3n) is 3.65. The normalized spacial score (nSPS) is 13.8. The van der Waals surface area contributed by atoms with E-state index in [9.17, 15) is 18.3 Å². The van der Waals surface area contributed by atoms with Crippen molar-refractivity contribution < 1.29 is 18.3 Å². The van der Waals surface area contributed by atoms with Crippen molar-refractivity contribution in [3.8, 4) is 6.07 Å². The largest absolute Gasteiger partial charge is 0.416 e. The van der Waals surface area contributed by atoms with Crippen LogP contribution in [0.5, 0.6) is 0 Å². The van der Waals surface area contributed by atoms with Gasteiger partial charge in [0.15, 0.2) is 0 Å². The maximum atomic E-state index is 12.6. The number of hydrogen-bond donors (Lipinski definition) is 2. The van der Waals surface area contributed by atoms with Gasteiger partial charge in [0.25, 0.3) is 0 Å². The highest BCUT2D eigenvalue weighted by molar-refractivity contribution is 5.52. The Morgan fingerprint density at radius 3 is 2.46 bits per heavy atom. The molecule has 0 aliphatic carbocycles. The molecule has 0 saturated heterocycles. The summed E-state index contributed by atoms with van der Waals surface area (Å²) in [5.41, 5.74) is -0.0803. The summed E-state index contributed by atoms with van der Waals surface area (Å²) in [6.07, 6.45) is -3.45. The molecule has 2 aromatic rings. The van der Waals surface area contributed by atoms with Crippen LogP contribution >= 0.6 is 0 Å². The fourth-order valence-electron chi connectivity index (χ4n) is 2.29. The number of halogens is 3. The van der Waals surface area contributed by atoms with Crippen LogP contribution in [0.4, 0.5) is 19.0 Å². The number of hydrogen-bond acceptors (Lipinski definition) is 4. The summed E-state index contributed by atoms with van der Waals surface area (Å²) in [6.45, 7) is 1.82. The molecule has 0 spiro atoms. The lowest BCUT2D eigenvalue weighted by molar-refractivity contribution is -0.137. The van der Waals surface area contributed by atoms with Gasteiger partial charge in [-0.15, -0.1) is 0 Å². The lowest BCUT2D eigenvalue weighted by atomic mass is 9.99. The van der Waals surface area contributed by atoms with Gasteiger partial charge in [0.2, 0.25) is 0 Å². The van der Waals surface area contributed by atoms with Gasteiger partial charge >= 0.3 is 6.18 Å². The van der Waals surface area contributed by atoms with E-state index in [2.05, 4.69) is 10.3 Å². The highest BCUT2D eigenvalue weighted by Crippen LogP contribution is 2.31. The Balaban J connectivity index is 2.20. The van der Waals surface area contributed by atoms with Gasteiger partial charge in [0.05, 0.1) is 23.3 Å². The first-order valence-electron chi connectivity index (χ1n) is 7.33. The number of aromatic nitrogens is 1. The Morgan fingerprint density at radius 2 is 1.92 bits per heavy atom. The van der Waals surface area contributed by atoms with Crippen LogP contribution in [0, 0.1) is 11.3 Å². The second-order valence-electron chi connectivity index (χ2n) is 5.24. The Labute approximate surface area is 137 Å². The summed E-state index contributed by atoms with van der Waals surface area (Å²) in [4.78, 5) is 4.07. The number of aliphatic hydroxyl groups is 1. The zero-order valence-corrected chi connectivity index (χ0v) is 12.9. The van der Waals surface area contributed by atoms with Crippen LogP contribution < -0.4 is 5.32 Å². The number of nitrogens with one attached hydrogen (secondary N) is 1. The number of nitrogens with zero attached hydrogens (tertiary/aromatic N) is 2. The van der Waals surface area contributed by atoms with E-state index in [1.54, 1.807) is 12.1 Å². The smallest absolute Gasteiger partial charge is 0.386 e. The molecule has 0 bridgehead atoms. The van der Waals surface area contributed by atoms with Crippen molar-refractivity contribution in [1.82, 2.24) is 4.98 Å². The minimum absolute atomic E-state index is 0.329. The second kappa shape index (κ2) is 7.32. The molecular formula is C17H16F3N3O. The van der Waals surface area contributed by atoms with Gasteiger partial charge in [-0.05, 0) is 36.2 Å². The predicted octanol–water partition coefficient (Wildman–Crippen LogP) is 3.90. The van der Waals surface area contributed by atoms with Gasteiger partial charge < -0.3 is 10.4 Å². The first-order chi connectivity index (χ1) is 11.4.